The zero-order chi connectivity index (χ0) is 19.0. The van der Waals surface area contributed by atoms with Crippen molar-refractivity contribution in [3.05, 3.63) is 55.4 Å². The number of carboxylic acid groups (broad SMARTS) is 1. The van der Waals surface area contributed by atoms with Crippen LogP contribution in [0.1, 0.15) is 32.5 Å². The summed E-state index contributed by atoms with van der Waals surface area (Å²) in [5.74, 6) is -1.63. The number of aromatic carboxylic acids is 1. The molecule has 3 aromatic rings. The minimum absolute atomic E-state index is 0.0297. The third-order valence-corrected chi connectivity index (χ3v) is 5.62. The van der Waals surface area contributed by atoms with Gasteiger partial charge in [0, 0.05) is 11.0 Å². The lowest BCUT2D eigenvalue weighted by atomic mass is 10.1. The van der Waals surface area contributed by atoms with Gasteiger partial charge in [-0.3, -0.25) is 14.2 Å². The quantitative estimate of drug-likeness (QED) is 0.652. The summed E-state index contributed by atoms with van der Waals surface area (Å²) < 4.78 is 2.07. The summed E-state index contributed by atoms with van der Waals surface area (Å²) in [5, 5.41) is 12.3. The molecule has 9 heteroatoms. The molecule has 0 atom stereocenters. The highest BCUT2D eigenvalue weighted by molar-refractivity contribution is 9.10. The van der Waals surface area contributed by atoms with E-state index in [4.69, 9.17) is 0 Å². The molecule has 0 radical (unpaired) electrons. The second-order valence-electron chi connectivity index (χ2n) is 5.52. The van der Waals surface area contributed by atoms with Crippen molar-refractivity contribution < 1.29 is 14.7 Å². The summed E-state index contributed by atoms with van der Waals surface area (Å²) in [6, 6.07) is 4.56. The number of fused-ring (bicyclic) bond motifs is 1. The lowest BCUT2D eigenvalue weighted by Crippen LogP contribution is -2.19. The monoisotopic (exact) mass is 435 g/mol. The Bertz CT molecular complexity index is 1100. The van der Waals surface area contributed by atoms with E-state index < -0.39 is 11.9 Å². The van der Waals surface area contributed by atoms with Gasteiger partial charge in [-0.05, 0) is 37.6 Å². The Kier molecular flexibility index (Phi) is 4.92. The number of carboxylic acids is 1. The number of aromatic nitrogens is 2. The lowest BCUT2D eigenvalue weighted by molar-refractivity contribution is 0.0698. The van der Waals surface area contributed by atoms with E-state index in [0.29, 0.717) is 31.7 Å². The van der Waals surface area contributed by atoms with Crippen LogP contribution in [-0.4, -0.2) is 26.5 Å². The SMILES string of the molecule is CCn1cnc2sc(C(=O)Nc3ccc(Br)cc3C(=O)O)c(C)c2c1=O. The van der Waals surface area contributed by atoms with Crippen molar-refractivity contribution in [1.29, 1.82) is 0 Å². The summed E-state index contributed by atoms with van der Waals surface area (Å²) in [6.07, 6.45) is 1.46. The van der Waals surface area contributed by atoms with Crippen LogP contribution in [0.25, 0.3) is 10.2 Å². The Labute approximate surface area is 160 Å². The van der Waals surface area contributed by atoms with E-state index in [0.717, 1.165) is 11.3 Å². The van der Waals surface area contributed by atoms with Crippen LogP contribution in [0.5, 0.6) is 0 Å². The molecule has 7 nitrogen and oxygen atoms in total. The van der Waals surface area contributed by atoms with Crippen LogP contribution in [0, 0.1) is 6.92 Å². The average molecular weight is 436 g/mol. The molecule has 0 fully saturated rings. The van der Waals surface area contributed by atoms with Gasteiger partial charge in [-0.15, -0.1) is 11.3 Å². The van der Waals surface area contributed by atoms with Gasteiger partial charge in [0.05, 0.1) is 27.8 Å². The van der Waals surface area contributed by atoms with E-state index >= 15 is 0 Å². The van der Waals surface area contributed by atoms with Crippen LogP contribution >= 0.6 is 27.3 Å². The largest absolute Gasteiger partial charge is 0.478 e. The number of thiophene rings is 1. The number of benzene rings is 1. The Balaban J connectivity index is 2.04. The molecule has 2 heterocycles. The maximum Gasteiger partial charge on any atom is 0.337 e. The minimum atomic E-state index is -1.15. The fraction of sp³-hybridized carbons (Fsp3) is 0.176. The summed E-state index contributed by atoms with van der Waals surface area (Å²) in [4.78, 5) is 41.6. The summed E-state index contributed by atoms with van der Waals surface area (Å²) in [6.45, 7) is 4.02. The van der Waals surface area contributed by atoms with Crippen LogP contribution in [-0.2, 0) is 6.54 Å². The second-order valence-corrected chi connectivity index (χ2v) is 7.44. The van der Waals surface area contributed by atoms with E-state index in [1.54, 1.807) is 13.0 Å². The fourth-order valence-corrected chi connectivity index (χ4v) is 3.98. The van der Waals surface area contributed by atoms with Gasteiger partial charge < -0.3 is 10.4 Å². The first-order chi connectivity index (χ1) is 12.3. The highest BCUT2D eigenvalue weighted by atomic mass is 79.9. The van der Waals surface area contributed by atoms with Gasteiger partial charge in [0.15, 0.2) is 0 Å². The zero-order valence-corrected chi connectivity index (χ0v) is 16.3. The third kappa shape index (κ3) is 3.15. The molecule has 2 aromatic heterocycles. The summed E-state index contributed by atoms with van der Waals surface area (Å²) in [7, 11) is 0. The first kappa shape index (κ1) is 18.3. The minimum Gasteiger partial charge on any atom is -0.478 e. The Hall–Kier alpha value is -2.52. The van der Waals surface area contributed by atoms with E-state index in [9.17, 15) is 19.5 Å². The first-order valence-electron chi connectivity index (χ1n) is 7.66. The molecule has 0 unspecified atom stereocenters. The number of hydrogen-bond donors (Lipinski definition) is 2. The molecule has 3 rings (SSSR count). The number of nitrogens with zero attached hydrogens (tertiary/aromatic N) is 2. The van der Waals surface area contributed by atoms with Gasteiger partial charge in [-0.2, -0.15) is 0 Å². The van der Waals surface area contributed by atoms with Crippen LogP contribution in [0.3, 0.4) is 0 Å². The number of hydrogen-bond acceptors (Lipinski definition) is 5. The maximum atomic E-state index is 12.7. The van der Waals surface area contributed by atoms with Crippen LogP contribution in [0.15, 0.2) is 33.8 Å². The second kappa shape index (κ2) is 7.00. The highest BCUT2D eigenvalue weighted by Crippen LogP contribution is 2.28. The Morgan fingerprint density at radius 3 is 2.77 bits per heavy atom. The number of rotatable bonds is 4. The fourth-order valence-electron chi connectivity index (χ4n) is 2.58. The van der Waals surface area contributed by atoms with Gasteiger partial charge in [0.1, 0.15) is 4.83 Å². The molecule has 2 N–H and O–H groups in total. The van der Waals surface area contributed by atoms with Crippen molar-refractivity contribution in [1.82, 2.24) is 9.55 Å². The van der Waals surface area contributed by atoms with Crippen molar-refractivity contribution >= 4 is 55.0 Å². The van der Waals surface area contributed by atoms with Crippen molar-refractivity contribution in [3.63, 3.8) is 0 Å². The topological polar surface area (TPSA) is 101 Å². The molecule has 134 valence electrons. The zero-order valence-electron chi connectivity index (χ0n) is 13.9. The number of carbonyl (C=O) groups excluding carboxylic acids is 1. The van der Waals surface area contributed by atoms with E-state index in [1.807, 2.05) is 6.92 Å². The molecule has 1 amide bonds. The van der Waals surface area contributed by atoms with Crippen LogP contribution < -0.4 is 10.9 Å². The first-order valence-corrected chi connectivity index (χ1v) is 9.27. The maximum absolute atomic E-state index is 12.7. The van der Waals surface area contributed by atoms with E-state index in [-0.39, 0.29) is 16.8 Å². The van der Waals surface area contributed by atoms with Crippen molar-refractivity contribution in [2.24, 2.45) is 0 Å². The molecule has 0 saturated carbocycles. The number of carbonyl (C=O) groups is 2. The van der Waals surface area contributed by atoms with Gasteiger partial charge in [0.25, 0.3) is 11.5 Å². The van der Waals surface area contributed by atoms with Gasteiger partial charge in [-0.1, -0.05) is 15.9 Å². The highest BCUT2D eigenvalue weighted by Gasteiger charge is 2.21. The van der Waals surface area contributed by atoms with E-state index in [1.165, 1.54) is 23.0 Å². The molecule has 0 saturated heterocycles. The Morgan fingerprint density at radius 2 is 2.12 bits per heavy atom. The van der Waals surface area contributed by atoms with Crippen molar-refractivity contribution in [2.45, 2.75) is 20.4 Å². The normalized spacial score (nSPS) is 10.9. The molecule has 0 aliphatic rings. The van der Waals surface area contributed by atoms with Crippen LogP contribution in [0.4, 0.5) is 5.69 Å². The van der Waals surface area contributed by atoms with E-state index in [2.05, 4.69) is 26.2 Å². The molecular weight excluding hydrogens is 422 g/mol. The third-order valence-electron chi connectivity index (χ3n) is 3.92. The van der Waals surface area contributed by atoms with Crippen LogP contribution in [0.2, 0.25) is 0 Å². The molecule has 0 aliphatic carbocycles. The molecule has 26 heavy (non-hydrogen) atoms. The molecule has 0 spiro atoms. The van der Waals surface area contributed by atoms with Crippen molar-refractivity contribution in [3.8, 4) is 0 Å². The average Bonchev–Trinajstić information content (AvgIpc) is 2.94. The molecule has 1 aromatic carbocycles. The lowest BCUT2D eigenvalue weighted by Gasteiger charge is -2.08. The smallest absolute Gasteiger partial charge is 0.337 e. The predicted molar refractivity (Wildman–Crippen MR) is 103 cm³/mol. The van der Waals surface area contributed by atoms with Gasteiger partial charge in [-0.25, -0.2) is 9.78 Å². The number of amides is 1. The standard InChI is InChI=1S/C17H14BrN3O4S/c1-3-21-7-19-15-12(16(21)23)8(2)13(26-15)14(22)20-11-5-4-9(18)6-10(11)17(24)25/h4-7H,3H2,1-2H3,(H,20,22)(H,24,25). The molecule has 0 aliphatic heterocycles. The molecule has 0 bridgehead atoms. The van der Waals surface area contributed by atoms with Gasteiger partial charge in [0.2, 0.25) is 0 Å². The van der Waals surface area contributed by atoms with Crippen molar-refractivity contribution in [2.75, 3.05) is 5.32 Å². The number of aryl methyl sites for hydroxylation is 2. The Morgan fingerprint density at radius 1 is 1.38 bits per heavy atom. The predicted octanol–water partition coefficient (Wildman–Crippen LogP) is 3.50. The number of halogens is 1. The molecular formula is C17H14BrN3O4S. The summed E-state index contributed by atoms with van der Waals surface area (Å²) >= 11 is 4.32. The number of nitrogens with one attached hydrogen (secondary N) is 1. The number of anilines is 1. The summed E-state index contributed by atoms with van der Waals surface area (Å²) in [5.41, 5.74) is 0.497. The van der Waals surface area contributed by atoms with Gasteiger partial charge >= 0.3 is 5.97 Å².